The number of amidine groups is 1. The lowest BCUT2D eigenvalue weighted by Gasteiger charge is -2.38. The van der Waals surface area contributed by atoms with Crippen LogP contribution < -0.4 is 16.4 Å². The number of nitrogens with one attached hydrogen (secondary N) is 2. The molecule has 5 N–H and O–H groups in total. The Balaban J connectivity index is 0.976. The number of sulfonamides is 1. The van der Waals surface area contributed by atoms with Gasteiger partial charge in [-0.3, -0.25) is 19.2 Å². The van der Waals surface area contributed by atoms with Crippen LogP contribution in [0.2, 0.25) is 0 Å². The molecule has 3 amide bonds. The Morgan fingerprint density at radius 3 is 1.68 bits per heavy atom. The summed E-state index contributed by atoms with van der Waals surface area (Å²) in [6.07, 6.45) is 1.82. The normalized spacial score (nSPS) is 13.9. The Bertz CT molecular complexity index is 2350. The second-order valence-electron chi connectivity index (χ2n) is 19.4. The van der Waals surface area contributed by atoms with Crippen molar-refractivity contribution >= 4 is 51.5 Å². The first kappa shape index (κ1) is 68.3. The molecule has 4 rings (SSSR count). The number of ether oxygens (including phenoxy) is 11. The highest BCUT2D eigenvalue weighted by molar-refractivity contribution is 7.89. The Kier molecular flexibility index (Phi) is 33.1. The van der Waals surface area contributed by atoms with Gasteiger partial charge in [-0.25, -0.2) is 23.3 Å². The van der Waals surface area contributed by atoms with Crippen LogP contribution in [-0.4, -0.2) is 230 Å². The van der Waals surface area contributed by atoms with E-state index < -0.39 is 27.7 Å². The fraction of sp³-hybridized carbons (Fsp3) is 0.655. The average Bonchev–Trinajstić information content (AvgIpc) is 3.59. The summed E-state index contributed by atoms with van der Waals surface area (Å²) >= 11 is 0. The van der Waals surface area contributed by atoms with Crippen molar-refractivity contribution in [1.29, 1.82) is 0 Å². The van der Waals surface area contributed by atoms with Crippen LogP contribution in [0.25, 0.3) is 17.2 Å². The van der Waals surface area contributed by atoms with Crippen molar-refractivity contribution in [3.8, 4) is 11.1 Å². The number of amides is 3. The molecule has 0 saturated carbocycles. The van der Waals surface area contributed by atoms with Gasteiger partial charge < -0.3 is 73.6 Å². The second-order valence-corrected chi connectivity index (χ2v) is 21.3. The number of carboxylic acid groups (broad SMARTS) is 1. The number of nitrogens with zero attached hydrogens (tertiary/aromatic N) is 3. The molecule has 0 atom stereocenters. The summed E-state index contributed by atoms with van der Waals surface area (Å²) in [7, 11) is -3.82. The zero-order valence-corrected chi connectivity index (χ0v) is 48.3. The largest absolute Gasteiger partial charge is 0.481 e. The number of alkyl carbamates (subject to hydrolysis) is 1. The van der Waals surface area contributed by atoms with Gasteiger partial charge in [-0.1, -0.05) is 24.3 Å². The molecule has 0 spiro atoms. The average molecular weight is 1170 g/mol. The minimum absolute atomic E-state index is 0.0208. The fourth-order valence-corrected chi connectivity index (χ4v) is 9.20. The van der Waals surface area contributed by atoms with Crippen LogP contribution in [0.4, 0.5) is 10.5 Å². The van der Waals surface area contributed by atoms with Gasteiger partial charge in [-0.2, -0.15) is 4.31 Å². The summed E-state index contributed by atoms with van der Waals surface area (Å²) in [6, 6.07) is 12.1. The van der Waals surface area contributed by atoms with E-state index in [4.69, 9.17) is 67.8 Å². The number of aliphatic imine (C=N–C) groups is 1. The monoisotopic (exact) mass is 1170 g/mol. The van der Waals surface area contributed by atoms with Crippen molar-refractivity contribution in [3.05, 3.63) is 53.6 Å². The van der Waals surface area contributed by atoms with Crippen molar-refractivity contribution in [1.82, 2.24) is 20.0 Å². The first-order valence-corrected chi connectivity index (χ1v) is 29.0. The number of benzene rings is 2. The quantitative estimate of drug-likeness (QED) is 0.0544. The van der Waals surface area contributed by atoms with Crippen molar-refractivity contribution < 1.29 is 89.6 Å². The molecule has 0 bridgehead atoms. The summed E-state index contributed by atoms with van der Waals surface area (Å²) < 4.78 is 88.4. The standard InChI is InChI=1S/C55H86N6O19S/c1-5-79-61(15-7-14-57-54(66)80-55(2,3)4)53(65)47-36-46-11-10-45(38-49(46)59-50(56)39-47)44-8-6-9-48(37-44)81(67,68)60-41-43(42-60)40-58-51(62)12-16-69-18-20-71-22-24-73-26-28-75-30-32-77-34-35-78-33-31-76-29-27-74-25-23-72-21-19-70-17-13-52(63)64/h6,8-11,36-38,43H,5,7,12-35,39-42H2,1-4H3,(H2,56,59)(H,57,66)(H,58,62)(H,63,64). The molecule has 2 aliphatic heterocycles. The van der Waals surface area contributed by atoms with E-state index in [0.29, 0.717) is 160 Å². The number of nitrogens with two attached hydrogens (primary N) is 1. The van der Waals surface area contributed by atoms with Gasteiger partial charge in [0.2, 0.25) is 15.9 Å². The maximum Gasteiger partial charge on any atom is 0.407 e. The van der Waals surface area contributed by atoms with Gasteiger partial charge in [0.05, 0.1) is 162 Å². The zero-order valence-electron chi connectivity index (χ0n) is 47.5. The third-order valence-electron chi connectivity index (χ3n) is 11.6. The van der Waals surface area contributed by atoms with Crippen LogP contribution in [0.15, 0.2) is 57.9 Å². The molecule has 26 heteroatoms. The van der Waals surface area contributed by atoms with E-state index in [-0.39, 0.29) is 93.7 Å². The lowest BCUT2D eigenvalue weighted by molar-refractivity contribution is -0.180. The smallest absolute Gasteiger partial charge is 0.407 e. The van der Waals surface area contributed by atoms with Crippen LogP contribution >= 0.6 is 0 Å². The minimum atomic E-state index is -3.82. The maximum atomic E-state index is 13.7. The Morgan fingerprint density at radius 1 is 0.691 bits per heavy atom. The molecular formula is C55H86N6O19S. The highest BCUT2D eigenvalue weighted by atomic mass is 32.2. The van der Waals surface area contributed by atoms with Crippen LogP contribution in [0.1, 0.15) is 58.9 Å². The molecule has 456 valence electrons. The van der Waals surface area contributed by atoms with Gasteiger partial charge in [-0.05, 0) is 69.5 Å². The van der Waals surface area contributed by atoms with E-state index in [1.807, 2.05) is 18.2 Å². The number of carbonyl (C=O) groups excluding carboxylic acids is 3. The number of aliphatic carboxylic acids is 1. The van der Waals surface area contributed by atoms with Gasteiger partial charge in [0.15, 0.2) is 0 Å². The number of hydrogen-bond acceptors (Lipinski definition) is 20. The molecule has 2 aliphatic rings. The fourth-order valence-electron chi connectivity index (χ4n) is 7.56. The van der Waals surface area contributed by atoms with Crippen LogP contribution in [0.5, 0.6) is 0 Å². The summed E-state index contributed by atoms with van der Waals surface area (Å²) in [5.41, 5.74) is 8.61. The van der Waals surface area contributed by atoms with E-state index in [9.17, 15) is 27.6 Å². The lowest BCUT2D eigenvalue weighted by atomic mass is 10.0. The molecule has 25 nitrogen and oxygen atoms in total. The lowest BCUT2D eigenvalue weighted by Crippen LogP contribution is -2.53. The van der Waals surface area contributed by atoms with E-state index in [1.165, 1.54) is 9.37 Å². The van der Waals surface area contributed by atoms with Crippen LogP contribution in [-0.2, 0) is 81.3 Å². The van der Waals surface area contributed by atoms with E-state index >= 15 is 0 Å². The van der Waals surface area contributed by atoms with Crippen LogP contribution in [0.3, 0.4) is 0 Å². The maximum absolute atomic E-state index is 13.7. The molecule has 0 aromatic heterocycles. The summed E-state index contributed by atoms with van der Waals surface area (Å²) in [4.78, 5) is 59.0. The number of carboxylic acids is 1. The Labute approximate surface area is 476 Å². The number of rotatable bonds is 45. The van der Waals surface area contributed by atoms with E-state index in [0.717, 1.165) is 0 Å². The molecule has 2 aromatic rings. The van der Waals surface area contributed by atoms with Crippen molar-refractivity contribution in [2.75, 3.05) is 171 Å². The summed E-state index contributed by atoms with van der Waals surface area (Å²) in [5, 5.41) is 15.4. The topological polar surface area (TPSA) is 302 Å². The highest BCUT2D eigenvalue weighted by Gasteiger charge is 2.37. The zero-order chi connectivity index (χ0) is 58.6. The number of hydroxylamine groups is 2. The molecule has 0 radical (unpaired) electrons. The van der Waals surface area contributed by atoms with Gasteiger partial charge in [0.25, 0.3) is 5.91 Å². The predicted molar refractivity (Wildman–Crippen MR) is 298 cm³/mol. The van der Waals surface area contributed by atoms with Gasteiger partial charge in [0, 0.05) is 56.1 Å². The third kappa shape index (κ3) is 29.1. The van der Waals surface area contributed by atoms with Crippen molar-refractivity contribution in [2.24, 2.45) is 16.6 Å². The van der Waals surface area contributed by atoms with Gasteiger partial charge in [-0.15, -0.1) is 0 Å². The molecule has 1 saturated heterocycles. The Morgan fingerprint density at radius 2 is 1.19 bits per heavy atom. The number of fused-ring (bicyclic) bond motifs is 1. The molecule has 2 aromatic carbocycles. The van der Waals surface area contributed by atoms with Crippen LogP contribution in [0, 0.1) is 5.92 Å². The molecular weight excluding hydrogens is 1080 g/mol. The third-order valence-corrected chi connectivity index (χ3v) is 13.4. The first-order chi connectivity index (χ1) is 39.0. The SMILES string of the molecule is CCON(CCCNC(=O)OC(C)(C)C)C(=O)C1=Cc2ccc(-c3cccc(S(=O)(=O)N4CC(CNC(=O)CCOCCOCCOCCOCCOCCOCCOCCOCCOCCOCCC(=O)O)C4)c3)cc2N=C(N)C1. The molecule has 2 heterocycles. The predicted octanol–water partition coefficient (Wildman–Crippen LogP) is 3.59. The van der Waals surface area contributed by atoms with E-state index in [1.54, 1.807) is 58.0 Å². The van der Waals surface area contributed by atoms with Gasteiger partial charge >= 0.3 is 12.1 Å². The van der Waals surface area contributed by atoms with E-state index in [2.05, 4.69) is 15.6 Å². The summed E-state index contributed by atoms with van der Waals surface area (Å²) in [6.45, 7) is 16.6. The Hall–Kier alpha value is -5.20. The molecule has 1 fully saturated rings. The van der Waals surface area contributed by atoms with Crippen molar-refractivity contribution in [2.45, 2.75) is 63.9 Å². The number of hydrogen-bond donors (Lipinski definition) is 4. The highest BCUT2D eigenvalue weighted by Crippen LogP contribution is 2.34. The van der Waals surface area contributed by atoms with Gasteiger partial charge in [0.1, 0.15) is 11.4 Å². The second kappa shape index (κ2) is 39.3. The molecule has 0 aliphatic carbocycles. The minimum Gasteiger partial charge on any atom is -0.481 e. The first-order valence-electron chi connectivity index (χ1n) is 27.5. The number of carbonyl (C=O) groups is 4. The molecule has 0 unspecified atom stereocenters. The summed E-state index contributed by atoms with van der Waals surface area (Å²) in [5.74, 6) is -1.26. The molecule has 81 heavy (non-hydrogen) atoms. The van der Waals surface area contributed by atoms with Crippen molar-refractivity contribution in [3.63, 3.8) is 0 Å².